The van der Waals surface area contributed by atoms with Crippen LogP contribution in [0, 0.1) is 0 Å². The Labute approximate surface area is 178 Å². The quantitative estimate of drug-likeness (QED) is 0.598. The number of ether oxygens (including phenoxy) is 1. The minimum Gasteiger partial charge on any atom is -0.497 e. The van der Waals surface area contributed by atoms with E-state index in [9.17, 15) is 19.5 Å². The van der Waals surface area contributed by atoms with Crippen LogP contribution in [0.5, 0.6) is 5.75 Å². The summed E-state index contributed by atoms with van der Waals surface area (Å²) in [7, 11) is 1.51. The van der Waals surface area contributed by atoms with E-state index in [1.54, 1.807) is 46.6 Å². The molecule has 9 heteroatoms. The number of aliphatic carboxylic acids is 1. The van der Waals surface area contributed by atoms with Gasteiger partial charge in [0.1, 0.15) is 11.4 Å². The van der Waals surface area contributed by atoms with Crippen molar-refractivity contribution in [3.05, 3.63) is 64.0 Å². The van der Waals surface area contributed by atoms with Crippen molar-refractivity contribution in [2.24, 2.45) is 0 Å². The van der Waals surface area contributed by atoms with Gasteiger partial charge in [0, 0.05) is 11.4 Å². The lowest BCUT2D eigenvalue weighted by molar-refractivity contribution is -0.137. The zero-order valence-corrected chi connectivity index (χ0v) is 17.3. The molecule has 1 aliphatic heterocycles. The monoisotopic (exact) mass is 429 g/mol. The van der Waals surface area contributed by atoms with Gasteiger partial charge in [0.15, 0.2) is 0 Å². The number of rotatable bonds is 8. The molecule has 0 bridgehead atoms. The maximum absolute atomic E-state index is 12.7. The molecule has 0 radical (unpaired) electrons. The van der Waals surface area contributed by atoms with E-state index in [4.69, 9.17) is 4.74 Å². The van der Waals surface area contributed by atoms with Gasteiger partial charge in [0.05, 0.1) is 26.1 Å². The molecule has 30 heavy (non-hydrogen) atoms. The van der Waals surface area contributed by atoms with Gasteiger partial charge in [-0.2, -0.15) is 0 Å². The second kappa shape index (κ2) is 9.93. The third-order valence-corrected chi connectivity index (χ3v) is 5.48. The van der Waals surface area contributed by atoms with Gasteiger partial charge >= 0.3 is 12.0 Å². The van der Waals surface area contributed by atoms with Crippen molar-refractivity contribution < 1.29 is 24.2 Å². The number of carbonyl (C=O) groups excluding carboxylic acids is 2. The van der Waals surface area contributed by atoms with Crippen LogP contribution < -0.4 is 15.4 Å². The van der Waals surface area contributed by atoms with Crippen molar-refractivity contribution in [3.63, 3.8) is 0 Å². The Morgan fingerprint density at radius 1 is 1.30 bits per heavy atom. The molecule has 1 aliphatic rings. The number of thiophene rings is 1. The topological polar surface area (TPSA) is 108 Å². The van der Waals surface area contributed by atoms with Gasteiger partial charge in [-0.3, -0.25) is 9.59 Å². The average molecular weight is 429 g/mol. The molecule has 0 aliphatic carbocycles. The molecule has 0 saturated carbocycles. The molecule has 2 aromatic rings. The summed E-state index contributed by atoms with van der Waals surface area (Å²) in [6.45, 7) is 1.07. The van der Waals surface area contributed by atoms with Crippen molar-refractivity contribution in [2.45, 2.75) is 25.4 Å². The molecule has 0 fully saturated rings. The summed E-state index contributed by atoms with van der Waals surface area (Å²) in [5.74, 6) is -0.765. The lowest BCUT2D eigenvalue weighted by Crippen LogP contribution is -2.45. The van der Waals surface area contributed by atoms with Crippen molar-refractivity contribution >= 4 is 29.2 Å². The highest BCUT2D eigenvalue weighted by molar-refractivity contribution is 7.09. The Morgan fingerprint density at radius 2 is 2.13 bits per heavy atom. The zero-order chi connectivity index (χ0) is 21.5. The third kappa shape index (κ3) is 5.60. The van der Waals surface area contributed by atoms with Crippen LogP contribution in [0.1, 0.15) is 29.3 Å². The zero-order valence-electron chi connectivity index (χ0n) is 16.5. The summed E-state index contributed by atoms with van der Waals surface area (Å²) in [5, 5.41) is 16.4. The molecule has 1 aromatic heterocycles. The predicted octanol–water partition coefficient (Wildman–Crippen LogP) is 2.89. The van der Waals surface area contributed by atoms with E-state index in [0.717, 1.165) is 4.88 Å². The first-order chi connectivity index (χ1) is 14.5. The third-order valence-electron chi connectivity index (χ3n) is 4.62. The van der Waals surface area contributed by atoms with Crippen LogP contribution >= 0.6 is 11.3 Å². The minimum atomic E-state index is -1.06. The standard InChI is InChI=1S/C21H23N3O5S/c1-29-15-6-2-5-14(11-15)18(12-19(25)26)23-21(28)22-17-8-3-9-24(20(17)27)13-16-7-4-10-30-16/h2,4-8,10-11,18H,3,9,12-13H2,1H3,(H,25,26)(H2,22,23,28). The number of amides is 3. The molecule has 2 heterocycles. The fraction of sp³-hybridized carbons (Fsp3) is 0.286. The Morgan fingerprint density at radius 3 is 2.83 bits per heavy atom. The molecule has 0 spiro atoms. The fourth-order valence-electron chi connectivity index (χ4n) is 3.17. The Bertz CT molecular complexity index is 942. The van der Waals surface area contributed by atoms with Gasteiger partial charge in [0.2, 0.25) is 0 Å². The van der Waals surface area contributed by atoms with Gasteiger partial charge in [-0.05, 0) is 35.6 Å². The number of urea groups is 1. The second-order valence-electron chi connectivity index (χ2n) is 6.74. The number of methoxy groups -OCH3 is 1. The first kappa shape index (κ1) is 21.4. The molecule has 1 atom stereocenters. The summed E-state index contributed by atoms with van der Waals surface area (Å²) in [5.41, 5.74) is 0.783. The molecular weight excluding hydrogens is 406 g/mol. The number of carboxylic acids is 1. The normalized spacial score (nSPS) is 14.6. The van der Waals surface area contributed by atoms with E-state index in [0.29, 0.717) is 30.8 Å². The molecule has 158 valence electrons. The second-order valence-corrected chi connectivity index (χ2v) is 7.77. The fourth-order valence-corrected chi connectivity index (χ4v) is 3.89. The molecule has 1 unspecified atom stereocenters. The highest BCUT2D eigenvalue weighted by Gasteiger charge is 2.25. The van der Waals surface area contributed by atoms with Gasteiger partial charge in [-0.25, -0.2) is 4.79 Å². The van der Waals surface area contributed by atoms with E-state index < -0.39 is 18.0 Å². The number of hydrogen-bond donors (Lipinski definition) is 3. The Kier molecular flexibility index (Phi) is 7.08. The van der Waals surface area contributed by atoms with Gasteiger partial charge < -0.3 is 25.4 Å². The highest BCUT2D eigenvalue weighted by Crippen LogP contribution is 2.22. The molecule has 3 amide bonds. The largest absolute Gasteiger partial charge is 0.497 e. The van der Waals surface area contributed by atoms with Crippen molar-refractivity contribution in [1.82, 2.24) is 15.5 Å². The first-order valence-electron chi connectivity index (χ1n) is 9.41. The van der Waals surface area contributed by atoms with Gasteiger partial charge in [-0.15, -0.1) is 11.3 Å². The van der Waals surface area contributed by atoms with Crippen molar-refractivity contribution in [3.8, 4) is 5.75 Å². The predicted molar refractivity (Wildman–Crippen MR) is 112 cm³/mol. The number of carboxylic acid groups (broad SMARTS) is 1. The van der Waals surface area contributed by atoms with E-state index in [1.807, 2.05) is 17.5 Å². The van der Waals surface area contributed by atoms with Gasteiger partial charge in [0.25, 0.3) is 5.91 Å². The van der Waals surface area contributed by atoms with E-state index in [1.165, 1.54) is 7.11 Å². The van der Waals surface area contributed by atoms with Crippen molar-refractivity contribution in [2.75, 3.05) is 13.7 Å². The number of hydrogen-bond acceptors (Lipinski definition) is 5. The van der Waals surface area contributed by atoms with E-state index in [-0.39, 0.29) is 18.0 Å². The summed E-state index contributed by atoms with van der Waals surface area (Å²) >= 11 is 1.57. The lowest BCUT2D eigenvalue weighted by Gasteiger charge is -2.27. The highest BCUT2D eigenvalue weighted by atomic mass is 32.1. The van der Waals surface area contributed by atoms with Crippen molar-refractivity contribution in [1.29, 1.82) is 0 Å². The SMILES string of the molecule is COc1cccc(C(CC(=O)O)NC(=O)NC2=CCCN(Cc3cccs3)C2=O)c1. The van der Waals surface area contributed by atoms with Gasteiger partial charge in [-0.1, -0.05) is 24.3 Å². The van der Waals surface area contributed by atoms with Crippen LogP contribution in [0.15, 0.2) is 53.6 Å². The summed E-state index contributed by atoms with van der Waals surface area (Å²) in [6, 6.07) is 9.30. The summed E-state index contributed by atoms with van der Waals surface area (Å²) in [6.07, 6.45) is 2.00. The molecule has 0 saturated heterocycles. The number of benzene rings is 1. The lowest BCUT2D eigenvalue weighted by atomic mass is 10.0. The smallest absolute Gasteiger partial charge is 0.319 e. The van der Waals surface area contributed by atoms with E-state index in [2.05, 4.69) is 10.6 Å². The van der Waals surface area contributed by atoms with Crippen LogP contribution in [0.25, 0.3) is 0 Å². The molecular formula is C21H23N3O5S. The number of carbonyl (C=O) groups is 3. The summed E-state index contributed by atoms with van der Waals surface area (Å²) in [4.78, 5) is 39.3. The molecule has 3 N–H and O–H groups in total. The Hall–Kier alpha value is -3.33. The minimum absolute atomic E-state index is 0.190. The van der Waals surface area contributed by atoms with Crippen LogP contribution in [0.4, 0.5) is 4.79 Å². The maximum Gasteiger partial charge on any atom is 0.319 e. The van der Waals surface area contributed by atoms with Crippen LogP contribution in [-0.4, -0.2) is 41.6 Å². The number of nitrogens with zero attached hydrogens (tertiary/aromatic N) is 1. The Balaban J connectivity index is 1.66. The molecule has 1 aromatic carbocycles. The van der Waals surface area contributed by atoms with Crippen LogP contribution in [-0.2, 0) is 16.1 Å². The first-order valence-corrected chi connectivity index (χ1v) is 10.3. The maximum atomic E-state index is 12.7. The van der Waals surface area contributed by atoms with Crippen LogP contribution in [0.2, 0.25) is 0 Å². The van der Waals surface area contributed by atoms with E-state index >= 15 is 0 Å². The summed E-state index contributed by atoms with van der Waals surface area (Å²) < 4.78 is 5.17. The average Bonchev–Trinajstić information content (AvgIpc) is 3.23. The van der Waals surface area contributed by atoms with Crippen LogP contribution in [0.3, 0.4) is 0 Å². The molecule has 8 nitrogen and oxygen atoms in total. The molecule has 3 rings (SSSR count). The number of nitrogens with one attached hydrogen (secondary N) is 2.